The molecule has 106 valence electrons. The molecule has 2 aromatic rings. The molecule has 0 saturated carbocycles. The Balaban J connectivity index is 2.11. The molecule has 0 fully saturated rings. The third-order valence-electron chi connectivity index (χ3n) is 3.43. The standard InChI is InChI=1S/C17H21NO2/c1-13(15-9-6-10-16(11-15)20-2)18-17(12-19)14-7-4-3-5-8-14/h3-11,13,17-19H,12H2,1-2H3. The molecule has 0 saturated heterocycles. The SMILES string of the molecule is COc1cccc(C(C)NC(CO)c2ccccc2)c1. The van der Waals surface area contributed by atoms with E-state index in [4.69, 9.17) is 4.74 Å². The normalized spacial score (nSPS) is 13.8. The second-order valence-electron chi connectivity index (χ2n) is 4.81. The highest BCUT2D eigenvalue weighted by molar-refractivity contribution is 5.30. The van der Waals surface area contributed by atoms with Crippen LogP contribution in [-0.4, -0.2) is 18.8 Å². The minimum absolute atomic E-state index is 0.0678. The summed E-state index contributed by atoms with van der Waals surface area (Å²) in [5, 5.41) is 13.0. The molecule has 0 aliphatic carbocycles. The molecule has 0 aromatic heterocycles. The van der Waals surface area contributed by atoms with Crippen molar-refractivity contribution in [3.63, 3.8) is 0 Å². The zero-order valence-electron chi connectivity index (χ0n) is 11.9. The van der Waals surface area contributed by atoms with Crippen molar-refractivity contribution in [2.45, 2.75) is 19.0 Å². The lowest BCUT2D eigenvalue weighted by Gasteiger charge is -2.22. The Morgan fingerprint density at radius 3 is 2.40 bits per heavy atom. The molecule has 2 rings (SSSR count). The van der Waals surface area contributed by atoms with Crippen molar-refractivity contribution in [3.8, 4) is 5.75 Å². The third kappa shape index (κ3) is 3.59. The highest BCUT2D eigenvalue weighted by Gasteiger charge is 2.14. The molecule has 2 unspecified atom stereocenters. The van der Waals surface area contributed by atoms with Crippen LogP contribution in [0.4, 0.5) is 0 Å². The Bertz CT molecular complexity index is 528. The van der Waals surface area contributed by atoms with Crippen LogP contribution < -0.4 is 10.1 Å². The molecular formula is C17H21NO2. The van der Waals surface area contributed by atoms with E-state index in [-0.39, 0.29) is 18.7 Å². The number of hydrogen-bond donors (Lipinski definition) is 2. The van der Waals surface area contributed by atoms with E-state index >= 15 is 0 Å². The summed E-state index contributed by atoms with van der Waals surface area (Å²) in [4.78, 5) is 0. The van der Waals surface area contributed by atoms with Crippen LogP contribution in [-0.2, 0) is 0 Å². The van der Waals surface area contributed by atoms with Crippen LogP contribution in [0.25, 0.3) is 0 Å². The van der Waals surface area contributed by atoms with Crippen molar-refractivity contribution in [1.82, 2.24) is 5.32 Å². The largest absolute Gasteiger partial charge is 0.497 e. The Labute approximate surface area is 120 Å². The fourth-order valence-electron chi connectivity index (χ4n) is 2.25. The first kappa shape index (κ1) is 14.6. The second kappa shape index (κ2) is 7.08. The van der Waals surface area contributed by atoms with Gasteiger partial charge in [-0.05, 0) is 30.2 Å². The summed E-state index contributed by atoms with van der Waals surface area (Å²) in [6.07, 6.45) is 0. The number of benzene rings is 2. The number of methoxy groups -OCH3 is 1. The van der Waals surface area contributed by atoms with E-state index in [1.807, 2.05) is 48.5 Å². The lowest BCUT2D eigenvalue weighted by atomic mass is 10.0. The van der Waals surface area contributed by atoms with E-state index in [1.54, 1.807) is 7.11 Å². The van der Waals surface area contributed by atoms with Gasteiger partial charge in [-0.15, -0.1) is 0 Å². The number of nitrogens with one attached hydrogen (secondary N) is 1. The summed E-state index contributed by atoms with van der Waals surface area (Å²) >= 11 is 0. The molecule has 2 atom stereocenters. The number of aliphatic hydroxyl groups excluding tert-OH is 1. The smallest absolute Gasteiger partial charge is 0.119 e. The molecule has 2 N–H and O–H groups in total. The molecule has 0 radical (unpaired) electrons. The maximum absolute atomic E-state index is 9.59. The highest BCUT2D eigenvalue weighted by Crippen LogP contribution is 2.22. The zero-order chi connectivity index (χ0) is 14.4. The fraction of sp³-hybridized carbons (Fsp3) is 0.294. The molecule has 0 bridgehead atoms. The maximum atomic E-state index is 9.59. The monoisotopic (exact) mass is 271 g/mol. The third-order valence-corrected chi connectivity index (χ3v) is 3.43. The molecular weight excluding hydrogens is 250 g/mol. The van der Waals surface area contributed by atoms with Crippen molar-refractivity contribution in [2.24, 2.45) is 0 Å². The van der Waals surface area contributed by atoms with E-state index in [0.717, 1.165) is 16.9 Å². The summed E-state index contributed by atoms with van der Waals surface area (Å²) in [7, 11) is 1.66. The van der Waals surface area contributed by atoms with Crippen molar-refractivity contribution < 1.29 is 9.84 Å². The van der Waals surface area contributed by atoms with Crippen molar-refractivity contribution in [3.05, 3.63) is 65.7 Å². The number of ether oxygens (including phenoxy) is 1. The van der Waals surface area contributed by atoms with Gasteiger partial charge in [0, 0.05) is 6.04 Å². The summed E-state index contributed by atoms with van der Waals surface area (Å²) in [6, 6.07) is 18.0. The molecule has 3 heteroatoms. The van der Waals surface area contributed by atoms with Gasteiger partial charge in [-0.3, -0.25) is 0 Å². The van der Waals surface area contributed by atoms with E-state index in [1.165, 1.54) is 0 Å². The van der Waals surface area contributed by atoms with Gasteiger partial charge in [0.05, 0.1) is 19.8 Å². The number of rotatable bonds is 6. The molecule has 3 nitrogen and oxygen atoms in total. The van der Waals surface area contributed by atoms with Crippen molar-refractivity contribution >= 4 is 0 Å². The van der Waals surface area contributed by atoms with Gasteiger partial charge >= 0.3 is 0 Å². The molecule has 20 heavy (non-hydrogen) atoms. The van der Waals surface area contributed by atoms with Crippen molar-refractivity contribution in [1.29, 1.82) is 0 Å². The van der Waals surface area contributed by atoms with Crippen LogP contribution >= 0.6 is 0 Å². The van der Waals surface area contributed by atoms with Gasteiger partial charge in [0.2, 0.25) is 0 Å². The number of hydrogen-bond acceptors (Lipinski definition) is 3. The minimum atomic E-state index is -0.0719. The first-order valence-electron chi connectivity index (χ1n) is 6.80. The second-order valence-corrected chi connectivity index (χ2v) is 4.81. The van der Waals surface area contributed by atoms with Gasteiger partial charge < -0.3 is 15.2 Å². The first-order chi connectivity index (χ1) is 9.74. The Morgan fingerprint density at radius 1 is 1.05 bits per heavy atom. The summed E-state index contributed by atoms with van der Waals surface area (Å²) in [5.74, 6) is 0.844. The lowest BCUT2D eigenvalue weighted by Crippen LogP contribution is -2.27. The molecule has 0 aliphatic heterocycles. The quantitative estimate of drug-likeness (QED) is 0.848. The average Bonchev–Trinajstić information content (AvgIpc) is 2.53. The molecule has 0 amide bonds. The topological polar surface area (TPSA) is 41.5 Å². The van der Waals surface area contributed by atoms with Crippen LogP contribution in [0.2, 0.25) is 0 Å². The van der Waals surface area contributed by atoms with Gasteiger partial charge in [0.25, 0.3) is 0 Å². The molecule has 0 spiro atoms. The Morgan fingerprint density at radius 2 is 1.75 bits per heavy atom. The minimum Gasteiger partial charge on any atom is -0.497 e. The zero-order valence-corrected chi connectivity index (χ0v) is 11.9. The first-order valence-corrected chi connectivity index (χ1v) is 6.80. The van der Waals surface area contributed by atoms with E-state index in [9.17, 15) is 5.11 Å². The average molecular weight is 271 g/mol. The Hall–Kier alpha value is -1.84. The van der Waals surface area contributed by atoms with Gasteiger partial charge in [-0.25, -0.2) is 0 Å². The summed E-state index contributed by atoms with van der Waals surface area (Å²) in [6.45, 7) is 2.15. The van der Waals surface area contributed by atoms with Crippen molar-refractivity contribution in [2.75, 3.05) is 13.7 Å². The molecule has 0 heterocycles. The fourth-order valence-corrected chi connectivity index (χ4v) is 2.25. The number of aliphatic hydroxyl groups is 1. The predicted octanol–water partition coefficient (Wildman–Crippen LogP) is 3.08. The van der Waals surface area contributed by atoms with E-state index in [0.29, 0.717) is 0 Å². The van der Waals surface area contributed by atoms with Gasteiger partial charge in [0.15, 0.2) is 0 Å². The Kier molecular flexibility index (Phi) is 5.16. The lowest BCUT2D eigenvalue weighted by molar-refractivity contribution is 0.235. The summed E-state index contributed by atoms with van der Waals surface area (Å²) < 4.78 is 5.24. The van der Waals surface area contributed by atoms with Crippen LogP contribution in [0.3, 0.4) is 0 Å². The van der Waals surface area contributed by atoms with Gasteiger partial charge in [0.1, 0.15) is 5.75 Å². The van der Waals surface area contributed by atoms with Gasteiger partial charge in [-0.2, -0.15) is 0 Å². The van der Waals surface area contributed by atoms with E-state index in [2.05, 4.69) is 18.3 Å². The van der Waals surface area contributed by atoms with E-state index < -0.39 is 0 Å². The van der Waals surface area contributed by atoms with Crippen LogP contribution in [0.1, 0.15) is 30.1 Å². The predicted molar refractivity (Wildman–Crippen MR) is 80.8 cm³/mol. The highest BCUT2D eigenvalue weighted by atomic mass is 16.5. The summed E-state index contributed by atoms with van der Waals surface area (Å²) in [5.41, 5.74) is 2.23. The van der Waals surface area contributed by atoms with Crippen LogP contribution in [0.5, 0.6) is 5.75 Å². The maximum Gasteiger partial charge on any atom is 0.119 e. The molecule has 2 aromatic carbocycles. The molecule has 0 aliphatic rings. The van der Waals surface area contributed by atoms with Crippen LogP contribution in [0, 0.1) is 0 Å². The van der Waals surface area contributed by atoms with Gasteiger partial charge in [-0.1, -0.05) is 42.5 Å². The van der Waals surface area contributed by atoms with Crippen LogP contribution in [0.15, 0.2) is 54.6 Å².